The molecule has 41 heavy (non-hydrogen) atoms. The Balaban J connectivity index is 0.000000762. The maximum atomic E-state index is 11.7. The fraction of sp³-hybridized carbons (Fsp3) is 0.214. The summed E-state index contributed by atoms with van der Waals surface area (Å²) in [7, 11) is 0. The summed E-state index contributed by atoms with van der Waals surface area (Å²) in [5.41, 5.74) is 0.102. The number of rotatable bonds is 12. The van der Waals surface area contributed by atoms with Crippen molar-refractivity contribution in [3.05, 3.63) is 95.1 Å². The maximum absolute atomic E-state index is 11.7. The fourth-order valence-corrected chi connectivity index (χ4v) is 2.63. The number of carboxylic acids is 2. The Morgan fingerprint density at radius 3 is 1.10 bits per heavy atom. The molecule has 13 heteroatoms. The van der Waals surface area contributed by atoms with Crippen molar-refractivity contribution < 1.29 is 77.4 Å². The van der Waals surface area contributed by atoms with Crippen LogP contribution < -0.4 is 0 Å². The van der Waals surface area contributed by atoms with Crippen LogP contribution in [0.25, 0.3) is 0 Å². The minimum Gasteiger partial charge on any atom is -0.478 e. The number of carbonyl (C=O) groups is 6. The fourth-order valence-electron chi connectivity index (χ4n) is 2.63. The van der Waals surface area contributed by atoms with E-state index >= 15 is 0 Å². The summed E-state index contributed by atoms with van der Waals surface area (Å²) < 4.78 is 19.2. The van der Waals surface area contributed by atoms with Crippen LogP contribution in [0.15, 0.2) is 72.8 Å². The Labute approximate surface area is 248 Å². The first-order chi connectivity index (χ1) is 18.9. The van der Waals surface area contributed by atoms with Gasteiger partial charge < -0.3 is 29.2 Å². The minimum atomic E-state index is -1.22. The molecular formula is C28H28O12Zn. The number of ether oxygens (including phenoxy) is 4. The van der Waals surface area contributed by atoms with Crippen LogP contribution in [-0.4, -0.2) is 72.5 Å². The number of hydrogen-bond donors (Lipinski definition) is 2. The second kappa shape index (κ2) is 18.6. The minimum absolute atomic E-state index is 0. The van der Waals surface area contributed by atoms with Gasteiger partial charge in [0.2, 0.25) is 0 Å². The second-order valence-electron chi connectivity index (χ2n) is 7.81. The molecular weight excluding hydrogens is 594 g/mol. The Hall–Kier alpha value is -4.64. The zero-order chi connectivity index (χ0) is 30.2. The Kier molecular flexibility index (Phi) is 16.5. The van der Waals surface area contributed by atoms with Crippen LogP contribution in [0.3, 0.4) is 0 Å². The first kappa shape index (κ1) is 36.4. The quantitative estimate of drug-likeness (QED) is 0.116. The summed E-state index contributed by atoms with van der Waals surface area (Å²) >= 11 is 0. The topological polar surface area (TPSA) is 180 Å². The van der Waals surface area contributed by atoms with E-state index in [9.17, 15) is 28.8 Å². The van der Waals surface area contributed by atoms with Gasteiger partial charge in [0, 0.05) is 30.6 Å². The van der Waals surface area contributed by atoms with E-state index in [4.69, 9.17) is 29.2 Å². The van der Waals surface area contributed by atoms with Crippen LogP contribution in [0.5, 0.6) is 0 Å². The first-order valence-corrected chi connectivity index (χ1v) is 11.5. The molecule has 0 radical (unpaired) electrons. The third-order valence-corrected chi connectivity index (χ3v) is 4.55. The van der Waals surface area contributed by atoms with E-state index < -0.39 is 35.8 Å². The van der Waals surface area contributed by atoms with Gasteiger partial charge in [-0.15, -0.1) is 0 Å². The molecule has 0 amide bonds. The van der Waals surface area contributed by atoms with E-state index in [1.54, 1.807) is 0 Å². The van der Waals surface area contributed by atoms with Crippen LogP contribution >= 0.6 is 0 Å². The van der Waals surface area contributed by atoms with Gasteiger partial charge in [-0.3, -0.25) is 0 Å². The Bertz CT molecular complexity index is 1200. The standard InChI is InChI=1S/2C14H14O6.Zn/c2*1-9(2)13(17)19-7-8-20-14(18)11-6-4-3-5-10(11)12(15)16;/h2*3-6H,1,7-8H2,2H3,(H,15,16);. The molecule has 0 saturated carbocycles. The maximum Gasteiger partial charge on any atom is 0.339 e. The molecule has 0 unspecified atom stereocenters. The molecule has 2 rings (SSSR count). The van der Waals surface area contributed by atoms with Crippen molar-refractivity contribution in [3.8, 4) is 0 Å². The molecule has 0 fully saturated rings. The van der Waals surface area contributed by atoms with Crippen LogP contribution in [0.4, 0.5) is 0 Å². The van der Waals surface area contributed by atoms with Crippen molar-refractivity contribution in [2.24, 2.45) is 0 Å². The predicted molar refractivity (Wildman–Crippen MR) is 139 cm³/mol. The Morgan fingerprint density at radius 2 is 0.829 bits per heavy atom. The third kappa shape index (κ3) is 12.8. The molecule has 12 nitrogen and oxygen atoms in total. The van der Waals surface area contributed by atoms with Crippen LogP contribution in [0.1, 0.15) is 55.3 Å². The van der Waals surface area contributed by atoms with Gasteiger partial charge in [-0.2, -0.15) is 0 Å². The van der Waals surface area contributed by atoms with E-state index in [2.05, 4.69) is 13.2 Å². The van der Waals surface area contributed by atoms with E-state index in [0.29, 0.717) is 0 Å². The van der Waals surface area contributed by atoms with Gasteiger partial charge in [-0.05, 0) is 38.1 Å². The molecule has 0 aromatic heterocycles. The monoisotopic (exact) mass is 620 g/mol. The number of aromatic carboxylic acids is 2. The van der Waals surface area contributed by atoms with Crippen LogP contribution in [0, 0.1) is 0 Å². The predicted octanol–water partition coefficient (Wildman–Crippen LogP) is 3.32. The molecule has 0 atom stereocenters. The molecule has 0 aliphatic rings. The normalized spacial score (nSPS) is 9.41. The number of esters is 4. The van der Waals surface area contributed by atoms with Crippen LogP contribution in [0.2, 0.25) is 0 Å². The molecule has 0 bridgehead atoms. The molecule has 0 heterocycles. The van der Waals surface area contributed by atoms with Gasteiger partial charge in [0.25, 0.3) is 0 Å². The summed E-state index contributed by atoms with van der Waals surface area (Å²) in [4.78, 5) is 67.4. The van der Waals surface area contributed by atoms with E-state index in [0.717, 1.165) is 0 Å². The molecule has 2 aromatic carbocycles. The van der Waals surface area contributed by atoms with Gasteiger partial charge in [0.1, 0.15) is 26.4 Å². The molecule has 0 spiro atoms. The van der Waals surface area contributed by atoms with Crippen molar-refractivity contribution in [2.45, 2.75) is 13.8 Å². The van der Waals surface area contributed by atoms with Crippen molar-refractivity contribution in [1.29, 1.82) is 0 Å². The van der Waals surface area contributed by atoms with E-state index in [-0.39, 0.29) is 79.3 Å². The van der Waals surface area contributed by atoms with Gasteiger partial charge in [-0.1, -0.05) is 37.4 Å². The Morgan fingerprint density at radius 1 is 0.561 bits per heavy atom. The van der Waals surface area contributed by atoms with Gasteiger partial charge in [0.05, 0.1) is 22.3 Å². The van der Waals surface area contributed by atoms with Crippen molar-refractivity contribution >= 4 is 35.8 Å². The van der Waals surface area contributed by atoms with E-state index in [1.165, 1.54) is 62.4 Å². The third-order valence-electron chi connectivity index (χ3n) is 4.55. The smallest absolute Gasteiger partial charge is 0.339 e. The number of benzene rings is 2. The average molecular weight is 622 g/mol. The largest absolute Gasteiger partial charge is 0.478 e. The molecule has 0 aliphatic heterocycles. The van der Waals surface area contributed by atoms with Gasteiger partial charge >= 0.3 is 35.8 Å². The van der Waals surface area contributed by atoms with Crippen molar-refractivity contribution in [1.82, 2.24) is 0 Å². The zero-order valence-corrected chi connectivity index (χ0v) is 25.5. The second-order valence-corrected chi connectivity index (χ2v) is 7.81. The number of carbonyl (C=O) groups excluding carboxylic acids is 4. The average Bonchev–Trinajstić information content (AvgIpc) is 2.92. The summed E-state index contributed by atoms with van der Waals surface area (Å²) in [5.74, 6) is -5.15. The van der Waals surface area contributed by atoms with Crippen molar-refractivity contribution in [3.63, 3.8) is 0 Å². The zero-order valence-electron chi connectivity index (χ0n) is 22.5. The summed E-state index contributed by atoms with van der Waals surface area (Å²) in [6.07, 6.45) is 0. The summed E-state index contributed by atoms with van der Waals surface area (Å²) in [6, 6.07) is 11.4. The number of hydrogen-bond acceptors (Lipinski definition) is 10. The molecule has 214 valence electrons. The molecule has 2 aromatic rings. The first-order valence-electron chi connectivity index (χ1n) is 11.5. The number of carboxylic acid groups (broad SMARTS) is 2. The summed E-state index contributed by atoms with van der Waals surface area (Å²) in [5, 5.41) is 17.9. The molecule has 2 N–H and O–H groups in total. The SMILES string of the molecule is C=C(C)C(=O)OCCOC(=O)c1ccccc1C(=O)O.C=C(C)C(=O)OCCOC(=O)c1ccccc1C(=O)O.[Zn]. The van der Waals surface area contributed by atoms with Crippen LogP contribution in [-0.2, 0) is 48.0 Å². The van der Waals surface area contributed by atoms with Gasteiger partial charge in [0.15, 0.2) is 0 Å². The molecule has 0 saturated heterocycles. The molecule has 0 aliphatic carbocycles. The van der Waals surface area contributed by atoms with Gasteiger partial charge in [-0.25, -0.2) is 28.8 Å². The van der Waals surface area contributed by atoms with Crippen molar-refractivity contribution in [2.75, 3.05) is 26.4 Å². The van der Waals surface area contributed by atoms with E-state index in [1.807, 2.05) is 0 Å². The summed E-state index contributed by atoms with van der Waals surface area (Å²) in [6.45, 7) is 9.24.